The van der Waals surface area contributed by atoms with Gasteiger partial charge in [-0.2, -0.15) is 0 Å². The van der Waals surface area contributed by atoms with Gasteiger partial charge in [0, 0.05) is 49.7 Å². The van der Waals surface area contributed by atoms with Crippen molar-refractivity contribution in [2.24, 2.45) is 4.99 Å². The first-order valence-corrected chi connectivity index (χ1v) is 9.11. The summed E-state index contributed by atoms with van der Waals surface area (Å²) < 4.78 is 0. The van der Waals surface area contributed by atoms with Gasteiger partial charge in [-0.05, 0) is 26.0 Å². The molecule has 26 heavy (non-hydrogen) atoms. The van der Waals surface area contributed by atoms with Crippen LogP contribution in [0.1, 0.15) is 25.8 Å². The van der Waals surface area contributed by atoms with Gasteiger partial charge in [-0.25, -0.2) is 4.98 Å². The highest BCUT2D eigenvalue weighted by Gasteiger charge is 2.05. The molecule has 0 fully saturated rings. The van der Waals surface area contributed by atoms with Crippen molar-refractivity contribution in [2.75, 3.05) is 26.7 Å². The molecule has 0 spiro atoms. The van der Waals surface area contributed by atoms with Gasteiger partial charge in [0.05, 0.1) is 5.01 Å². The van der Waals surface area contributed by atoms with E-state index in [-0.39, 0.29) is 29.9 Å². The molecule has 0 saturated carbocycles. The fourth-order valence-electron chi connectivity index (χ4n) is 2.27. The lowest BCUT2D eigenvalue weighted by molar-refractivity contribution is 0.0954. The Morgan fingerprint density at radius 1 is 1.15 bits per heavy atom. The van der Waals surface area contributed by atoms with Gasteiger partial charge in [-0.3, -0.25) is 9.79 Å². The molecule has 0 aliphatic rings. The number of hydrogen-bond acceptors (Lipinski definition) is 4. The van der Waals surface area contributed by atoms with Gasteiger partial charge in [-0.15, -0.1) is 35.3 Å². The van der Waals surface area contributed by atoms with Gasteiger partial charge in [0.25, 0.3) is 5.91 Å². The number of aromatic nitrogens is 1. The normalized spacial score (nSPS) is 10.8. The Kier molecular flexibility index (Phi) is 10.2. The van der Waals surface area contributed by atoms with Crippen LogP contribution in [0.2, 0.25) is 0 Å². The number of halogens is 1. The zero-order valence-electron chi connectivity index (χ0n) is 15.3. The topological polar surface area (TPSA) is 78.4 Å². The average molecular weight is 487 g/mol. The highest BCUT2D eigenvalue weighted by molar-refractivity contribution is 14.0. The van der Waals surface area contributed by atoms with E-state index in [1.807, 2.05) is 37.4 Å². The second-order valence-electron chi connectivity index (χ2n) is 5.67. The van der Waals surface area contributed by atoms with Crippen LogP contribution in [0.5, 0.6) is 0 Å². The predicted octanol–water partition coefficient (Wildman–Crippen LogP) is 2.52. The largest absolute Gasteiger partial charge is 0.356 e. The second kappa shape index (κ2) is 11.8. The molecular formula is C18H26IN5OS. The first-order chi connectivity index (χ1) is 12.1. The summed E-state index contributed by atoms with van der Waals surface area (Å²) >= 11 is 1.71. The number of amides is 1. The van der Waals surface area contributed by atoms with E-state index in [4.69, 9.17) is 0 Å². The number of benzene rings is 1. The number of rotatable bonds is 7. The van der Waals surface area contributed by atoms with Crippen molar-refractivity contribution < 1.29 is 4.79 Å². The summed E-state index contributed by atoms with van der Waals surface area (Å²) in [4.78, 5) is 21.8. The van der Waals surface area contributed by atoms with Gasteiger partial charge in [0.1, 0.15) is 0 Å². The smallest absolute Gasteiger partial charge is 0.251 e. The zero-order chi connectivity index (χ0) is 18.1. The average Bonchev–Trinajstić information content (AvgIpc) is 3.02. The molecule has 6 nitrogen and oxygen atoms in total. The van der Waals surface area contributed by atoms with E-state index in [0.717, 1.165) is 29.5 Å². The highest BCUT2D eigenvalue weighted by atomic mass is 127. The molecule has 142 valence electrons. The van der Waals surface area contributed by atoms with E-state index >= 15 is 0 Å². The van der Waals surface area contributed by atoms with Crippen LogP contribution < -0.4 is 16.0 Å². The molecule has 1 amide bonds. The van der Waals surface area contributed by atoms with E-state index < -0.39 is 0 Å². The zero-order valence-corrected chi connectivity index (χ0v) is 18.5. The van der Waals surface area contributed by atoms with Crippen LogP contribution >= 0.6 is 35.3 Å². The van der Waals surface area contributed by atoms with Crippen molar-refractivity contribution in [1.82, 2.24) is 20.9 Å². The van der Waals surface area contributed by atoms with Crippen LogP contribution in [0.3, 0.4) is 0 Å². The number of hydrogen-bond donors (Lipinski definition) is 3. The minimum atomic E-state index is -0.0624. The molecule has 0 aliphatic carbocycles. The summed E-state index contributed by atoms with van der Waals surface area (Å²) in [6, 6.07) is 7.55. The first-order valence-electron chi connectivity index (χ1n) is 8.29. The third-order valence-corrected chi connectivity index (χ3v) is 4.48. The molecule has 0 aliphatic heterocycles. The van der Waals surface area contributed by atoms with Gasteiger partial charge < -0.3 is 16.0 Å². The number of thiazole rings is 1. The van der Waals surface area contributed by atoms with Gasteiger partial charge in [-0.1, -0.05) is 17.7 Å². The van der Waals surface area contributed by atoms with Crippen LogP contribution in [0, 0.1) is 13.8 Å². The number of aliphatic imine (C=N–C) groups is 1. The second-order valence-corrected chi connectivity index (χ2v) is 6.99. The van der Waals surface area contributed by atoms with Crippen LogP contribution in [0.4, 0.5) is 0 Å². The number of guanidine groups is 1. The lowest BCUT2D eigenvalue weighted by atomic mass is 10.1. The molecule has 1 heterocycles. The molecule has 2 rings (SSSR count). The third kappa shape index (κ3) is 7.69. The standard InChI is InChI=1S/C18H25N5OS.HI/c1-13-5-4-6-15(11-13)17(24)20-9-10-22-18(19-3)21-8-7-16-23-12-14(2)25-16;/h4-6,11-12H,7-10H2,1-3H3,(H,20,24)(H2,19,21,22);1H. The molecule has 3 N–H and O–H groups in total. The fraction of sp³-hybridized carbons (Fsp3) is 0.389. The van der Waals surface area contributed by atoms with E-state index in [1.165, 1.54) is 4.88 Å². The predicted molar refractivity (Wildman–Crippen MR) is 119 cm³/mol. The molecule has 8 heteroatoms. The Balaban J connectivity index is 0.00000338. The monoisotopic (exact) mass is 487 g/mol. The summed E-state index contributed by atoms with van der Waals surface area (Å²) in [5.74, 6) is 0.658. The first kappa shape index (κ1) is 22.4. The van der Waals surface area contributed by atoms with Crippen LogP contribution in [-0.2, 0) is 6.42 Å². The molecule has 1 aromatic carbocycles. The molecule has 0 bridgehead atoms. The van der Waals surface area contributed by atoms with Crippen LogP contribution in [0.25, 0.3) is 0 Å². The lowest BCUT2D eigenvalue weighted by Crippen LogP contribution is -2.42. The number of carbonyl (C=O) groups is 1. The quantitative estimate of drug-likeness (QED) is 0.243. The number of nitrogens with zero attached hydrogens (tertiary/aromatic N) is 2. The fourth-order valence-corrected chi connectivity index (χ4v) is 3.06. The maximum absolute atomic E-state index is 12.1. The Hall–Kier alpha value is -1.68. The Labute approximate surface area is 175 Å². The molecule has 1 aromatic heterocycles. The van der Waals surface area contributed by atoms with Crippen molar-refractivity contribution in [3.8, 4) is 0 Å². The Morgan fingerprint density at radius 2 is 1.88 bits per heavy atom. The van der Waals surface area contributed by atoms with Crippen molar-refractivity contribution in [2.45, 2.75) is 20.3 Å². The van der Waals surface area contributed by atoms with Gasteiger partial charge in [0.15, 0.2) is 5.96 Å². The summed E-state index contributed by atoms with van der Waals surface area (Å²) in [5, 5.41) is 10.4. The van der Waals surface area contributed by atoms with Gasteiger partial charge in [0.2, 0.25) is 0 Å². The molecule has 0 unspecified atom stereocenters. The van der Waals surface area contributed by atoms with Crippen molar-refractivity contribution >= 4 is 47.2 Å². The number of nitrogens with one attached hydrogen (secondary N) is 3. The molecule has 0 saturated heterocycles. The summed E-state index contributed by atoms with van der Waals surface area (Å²) in [6.45, 7) is 5.93. The van der Waals surface area contributed by atoms with Crippen LogP contribution in [0.15, 0.2) is 35.5 Å². The summed E-state index contributed by atoms with van der Waals surface area (Å²) in [5.41, 5.74) is 1.76. The minimum Gasteiger partial charge on any atom is -0.356 e. The maximum Gasteiger partial charge on any atom is 0.251 e. The van der Waals surface area contributed by atoms with E-state index in [9.17, 15) is 4.79 Å². The number of aryl methyl sites for hydroxylation is 2. The molecule has 2 aromatic rings. The van der Waals surface area contributed by atoms with Crippen LogP contribution in [-0.4, -0.2) is 43.5 Å². The third-order valence-electron chi connectivity index (χ3n) is 3.51. The highest BCUT2D eigenvalue weighted by Crippen LogP contribution is 2.10. The Bertz CT molecular complexity index is 732. The van der Waals surface area contributed by atoms with E-state index in [0.29, 0.717) is 18.7 Å². The van der Waals surface area contributed by atoms with Crippen molar-refractivity contribution in [3.63, 3.8) is 0 Å². The Morgan fingerprint density at radius 3 is 2.54 bits per heavy atom. The summed E-state index contributed by atoms with van der Waals surface area (Å²) in [7, 11) is 1.73. The molecule has 0 radical (unpaired) electrons. The lowest BCUT2D eigenvalue weighted by Gasteiger charge is -2.12. The van der Waals surface area contributed by atoms with Gasteiger partial charge >= 0.3 is 0 Å². The SMILES string of the molecule is CN=C(NCCNC(=O)c1cccc(C)c1)NCCc1ncc(C)s1.I. The number of carbonyl (C=O) groups excluding carboxylic acids is 1. The summed E-state index contributed by atoms with van der Waals surface area (Å²) in [6.07, 6.45) is 2.76. The van der Waals surface area contributed by atoms with Crippen molar-refractivity contribution in [3.05, 3.63) is 51.5 Å². The minimum absolute atomic E-state index is 0. The van der Waals surface area contributed by atoms with E-state index in [1.54, 1.807) is 18.4 Å². The maximum atomic E-state index is 12.1. The molecular weight excluding hydrogens is 461 g/mol. The molecule has 0 atom stereocenters. The van der Waals surface area contributed by atoms with E-state index in [2.05, 4.69) is 32.9 Å². The van der Waals surface area contributed by atoms with Crippen molar-refractivity contribution in [1.29, 1.82) is 0 Å².